The van der Waals surface area contributed by atoms with Crippen molar-refractivity contribution in [2.24, 2.45) is 11.8 Å². The molecule has 2 rings (SSSR count). The zero-order valence-corrected chi connectivity index (χ0v) is 12.9. The number of thioether (sulfide) groups is 1. The summed E-state index contributed by atoms with van der Waals surface area (Å²) in [5, 5.41) is 0. The van der Waals surface area contributed by atoms with Crippen molar-refractivity contribution in [2.75, 3.05) is 18.8 Å². The molecule has 0 radical (unpaired) electrons. The van der Waals surface area contributed by atoms with Gasteiger partial charge in [0, 0.05) is 18.0 Å². The third kappa shape index (κ3) is 4.27. The third-order valence-corrected chi connectivity index (χ3v) is 4.60. The molecule has 1 aliphatic rings. The Morgan fingerprint density at radius 2 is 1.79 bits per heavy atom. The van der Waals surface area contributed by atoms with E-state index < -0.39 is 0 Å². The van der Waals surface area contributed by atoms with Crippen molar-refractivity contribution in [3.63, 3.8) is 0 Å². The highest BCUT2D eigenvalue weighted by Gasteiger charge is 2.25. The van der Waals surface area contributed by atoms with Gasteiger partial charge < -0.3 is 4.90 Å². The van der Waals surface area contributed by atoms with Crippen molar-refractivity contribution in [3.05, 3.63) is 29.8 Å². The van der Waals surface area contributed by atoms with Gasteiger partial charge in [-0.3, -0.25) is 4.79 Å². The predicted molar refractivity (Wildman–Crippen MR) is 81.4 cm³/mol. The minimum atomic E-state index is 0.281. The van der Waals surface area contributed by atoms with E-state index in [0.717, 1.165) is 13.1 Å². The van der Waals surface area contributed by atoms with Crippen LogP contribution >= 0.6 is 11.8 Å². The quantitative estimate of drug-likeness (QED) is 0.787. The summed E-state index contributed by atoms with van der Waals surface area (Å²) in [5.74, 6) is 2.11. The van der Waals surface area contributed by atoms with E-state index >= 15 is 0 Å². The lowest BCUT2D eigenvalue weighted by atomic mass is 9.92. The molecule has 104 valence electrons. The number of benzene rings is 1. The second-order valence-corrected chi connectivity index (χ2v) is 6.90. The Balaban J connectivity index is 1.85. The van der Waals surface area contributed by atoms with E-state index in [-0.39, 0.29) is 5.91 Å². The average molecular weight is 277 g/mol. The number of carbonyl (C=O) groups excluding carboxylic acids is 1. The highest BCUT2D eigenvalue weighted by atomic mass is 32.2. The first kappa shape index (κ1) is 14.4. The first-order chi connectivity index (χ1) is 9.04. The molecule has 0 N–H and O–H groups in total. The number of aryl methyl sites for hydroxylation is 1. The molecule has 0 aliphatic carbocycles. The Bertz CT molecular complexity index is 419. The molecule has 1 heterocycles. The van der Waals surface area contributed by atoms with Crippen molar-refractivity contribution in [3.8, 4) is 0 Å². The fourth-order valence-electron chi connectivity index (χ4n) is 2.74. The summed E-state index contributed by atoms with van der Waals surface area (Å²) in [6.45, 7) is 8.41. The van der Waals surface area contributed by atoms with Gasteiger partial charge in [-0.1, -0.05) is 31.5 Å². The van der Waals surface area contributed by atoms with Crippen molar-refractivity contribution in [1.82, 2.24) is 4.90 Å². The largest absolute Gasteiger partial charge is 0.341 e. The molecule has 1 aromatic carbocycles. The lowest BCUT2D eigenvalue weighted by molar-refractivity contribution is -0.130. The van der Waals surface area contributed by atoms with E-state index in [9.17, 15) is 4.79 Å². The molecule has 0 bridgehead atoms. The summed E-state index contributed by atoms with van der Waals surface area (Å²) in [6.07, 6.45) is 1.24. The highest BCUT2D eigenvalue weighted by molar-refractivity contribution is 8.00. The third-order valence-electron chi connectivity index (χ3n) is 3.60. The van der Waals surface area contributed by atoms with Gasteiger partial charge in [0.05, 0.1) is 5.75 Å². The Hall–Kier alpha value is -0.960. The molecule has 0 spiro atoms. The molecule has 2 atom stereocenters. The fraction of sp³-hybridized carbons (Fsp3) is 0.562. The predicted octanol–water partition coefficient (Wildman–Crippen LogP) is 3.59. The minimum absolute atomic E-state index is 0.281. The smallest absolute Gasteiger partial charge is 0.232 e. The standard InChI is InChI=1S/C16H23NOS/c1-12-4-6-15(7-5-12)19-11-16(18)17-9-13(2)8-14(3)10-17/h4-7,13-14H,8-11H2,1-3H3/t13-,14-/m0/s1. The van der Waals surface area contributed by atoms with Crippen LogP contribution in [0.3, 0.4) is 0 Å². The Morgan fingerprint density at radius 3 is 2.37 bits per heavy atom. The summed E-state index contributed by atoms with van der Waals surface area (Å²) < 4.78 is 0. The molecule has 1 aliphatic heterocycles. The zero-order chi connectivity index (χ0) is 13.8. The van der Waals surface area contributed by atoms with Crippen LogP contribution < -0.4 is 0 Å². The normalized spacial score (nSPS) is 23.4. The molecule has 1 aromatic rings. The molecular formula is C16H23NOS. The van der Waals surface area contributed by atoms with Gasteiger partial charge in [0.25, 0.3) is 0 Å². The lowest BCUT2D eigenvalue weighted by Gasteiger charge is -2.35. The maximum Gasteiger partial charge on any atom is 0.232 e. The van der Waals surface area contributed by atoms with Crippen LogP contribution in [-0.4, -0.2) is 29.6 Å². The van der Waals surface area contributed by atoms with E-state index in [1.807, 2.05) is 4.90 Å². The maximum atomic E-state index is 12.2. The Labute approximate surface area is 120 Å². The van der Waals surface area contributed by atoms with Crippen molar-refractivity contribution >= 4 is 17.7 Å². The topological polar surface area (TPSA) is 20.3 Å². The average Bonchev–Trinajstić information content (AvgIpc) is 2.36. The van der Waals surface area contributed by atoms with Gasteiger partial charge in [-0.2, -0.15) is 0 Å². The van der Waals surface area contributed by atoms with Crippen LogP contribution in [0.2, 0.25) is 0 Å². The maximum absolute atomic E-state index is 12.2. The Morgan fingerprint density at radius 1 is 1.21 bits per heavy atom. The van der Waals surface area contributed by atoms with Gasteiger partial charge in [-0.15, -0.1) is 11.8 Å². The molecule has 1 fully saturated rings. The molecule has 1 amide bonds. The summed E-state index contributed by atoms with van der Waals surface area (Å²) in [5.41, 5.74) is 1.26. The van der Waals surface area contributed by atoms with Crippen molar-refractivity contribution < 1.29 is 4.79 Å². The molecule has 19 heavy (non-hydrogen) atoms. The van der Waals surface area contributed by atoms with E-state index in [0.29, 0.717) is 17.6 Å². The molecule has 3 heteroatoms. The lowest BCUT2D eigenvalue weighted by Crippen LogP contribution is -2.43. The summed E-state index contributed by atoms with van der Waals surface area (Å²) in [7, 11) is 0. The second kappa shape index (κ2) is 6.47. The number of carbonyl (C=O) groups is 1. The molecule has 2 nitrogen and oxygen atoms in total. The number of amides is 1. The van der Waals surface area contributed by atoms with Crippen LogP contribution in [0.4, 0.5) is 0 Å². The second-order valence-electron chi connectivity index (χ2n) is 5.85. The van der Waals surface area contributed by atoms with Gasteiger partial charge in [0.15, 0.2) is 0 Å². The van der Waals surface area contributed by atoms with Crippen molar-refractivity contribution in [1.29, 1.82) is 0 Å². The van der Waals surface area contributed by atoms with Crippen LogP contribution in [0.1, 0.15) is 25.8 Å². The van der Waals surface area contributed by atoms with Crippen molar-refractivity contribution in [2.45, 2.75) is 32.1 Å². The Kier molecular flexibility index (Phi) is 4.92. The number of likely N-dealkylation sites (tertiary alicyclic amines) is 1. The minimum Gasteiger partial charge on any atom is -0.341 e. The van der Waals surface area contributed by atoms with Gasteiger partial charge >= 0.3 is 0 Å². The van der Waals surface area contributed by atoms with E-state index in [4.69, 9.17) is 0 Å². The first-order valence-electron chi connectivity index (χ1n) is 7.02. The van der Waals surface area contributed by atoms with E-state index in [2.05, 4.69) is 45.0 Å². The summed E-state index contributed by atoms with van der Waals surface area (Å²) in [6, 6.07) is 8.37. The van der Waals surface area contributed by atoms with Gasteiger partial charge in [-0.25, -0.2) is 0 Å². The number of hydrogen-bond acceptors (Lipinski definition) is 2. The number of hydrogen-bond donors (Lipinski definition) is 0. The zero-order valence-electron chi connectivity index (χ0n) is 12.1. The van der Waals surface area contributed by atoms with Crippen LogP contribution in [0.5, 0.6) is 0 Å². The molecule has 0 aromatic heterocycles. The molecule has 0 unspecified atom stereocenters. The van der Waals surface area contributed by atoms with Crippen LogP contribution in [-0.2, 0) is 4.79 Å². The SMILES string of the molecule is Cc1ccc(SCC(=O)N2C[C@@H](C)C[C@H](C)C2)cc1. The van der Waals surface area contributed by atoms with E-state index in [1.165, 1.54) is 16.9 Å². The molecule has 1 saturated heterocycles. The summed E-state index contributed by atoms with van der Waals surface area (Å²) in [4.78, 5) is 15.5. The van der Waals surface area contributed by atoms with Crippen LogP contribution in [0.15, 0.2) is 29.2 Å². The monoisotopic (exact) mass is 277 g/mol. The fourth-order valence-corrected chi connectivity index (χ4v) is 3.54. The molecule has 0 saturated carbocycles. The van der Waals surface area contributed by atoms with Crippen LogP contribution in [0, 0.1) is 18.8 Å². The molecular weight excluding hydrogens is 254 g/mol. The van der Waals surface area contributed by atoms with E-state index in [1.54, 1.807) is 11.8 Å². The van der Waals surface area contributed by atoms with Gasteiger partial charge in [0.2, 0.25) is 5.91 Å². The van der Waals surface area contributed by atoms with Crippen LogP contribution in [0.25, 0.3) is 0 Å². The summed E-state index contributed by atoms with van der Waals surface area (Å²) >= 11 is 1.64. The number of piperidine rings is 1. The number of nitrogens with zero attached hydrogens (tertiary/aromatic N) is 1. The first-order valence-corrected chi connectivity index (χ1v) is 8.00. The highest BCUT2D eigenvalue weighted by Crippen LogP contribution is 2.23. The van der Waals surface area contributed by atoms with Gasteiger partial charge in [-0.05, 0) is 37.3 Å². The van der Waals surface area contributed by atoms with Gasteiger partial charge in [0.1, 0.15) is 0 Å². The number of rotatable bonds is 3.